The molecule has 3 aromatic rings. The molecule has 4 nitrogen and oxygen atoms in total. The lowest BCUT2D eigenvalue weighted by atomic mass is 10.3. The Bertz CT molecular complexity index is 834. The number of fused-ring (bicyclic) bond motifs is 1. The molecule has 1 N–H and O–H groups in total. The van der Waals surface area contributed by atoms with E-state index in [2.05, 4.69) is 10.3 Å². The molecule has 0 aliphatic carbocycles. The maximum absolute atomic E-state index is 11.9. The Labute approximate surface area is 147 Å². The van der Waals surface area contributed by atoms with Gasteiger partial charge < -0.3 is 9.73 Å². The Morgan fingerprint density at radius 3 is 2.65 bits per heavy atom. The fraction of sp³-hybridized carbons (Fsp3) is 0.125. The van der Waals surface area contributed by atoms with Crippen LogP contribution in [0.15, 0.2) is 52.1 Å². The van der Waals surface area contributed by atoms with Gasteiger partial charge in [-0.25, -0.2) is 4.98 Å². The fourth-order valence-corrected chi connectivity index (χ4v) is 2.99. The summed E-state index contributed by atoms with van der Waals surface area (Å²) in [6, 6.07) is 12.3. The molecule has 0 atom stereocenters. The van der Waals surface area contributed by atoms with Gasteiger partial charge in [0, 0.05) is 27.9 Å². The van der Waals surface area contributed by atoms with E-state index in [4.69, 9.17) is 27.6 Å². The summed E-state index contributed by atoms with van der Waals surface area (Å²) < 4.78 is 5.58. The second-order valence-electron chi connectivity index (χ2n) is 4.75. The van der Waals surface area contributed by atoms with Crippen LogP contribution < -0.4 is 5.32 Å². The SMILES string of the molecule is O=C(CCSc1nc2cc(Cl)ccc2o1)Nc1ccc(Cl)cc1. The van der Waals surface area contributed by atoms with Crippen LogP contribution in [0.5, 0.6) is 0 Å². The van der Waals surface area contributed by atoms with Crippen LogP contribution in [0.4, 0.5) is 5.69 Å². The van der Waals surface area contributed by atoms with Crippen molar-refractivity contribution in [2.24, 2.45) is 0 Å². The molecule has 0 saturated heterocycles. The van der Waals surface area contributed by atoms with E-state index in [1.54, 1.807) is 42.5 Å². The molecule has 0 aliphatic heterocycles. The Balaban J connectivity index is 1.51. The highest BCUT2D eigenvalue weighted by Crippen LogP contribution is 2.26. The molecule has 1 heterocycles. The van der Waals surface area contributed by atoms with Gasteiger partial charge >= 0.3 is 0 Å². The van der Waals surface area contributed by atoms with Gasteiger partial charge in [0.2, 0.25) is 5.91 Å². The van der Waals surface area contributed by atoms with Crippen LogP contribution in [0.25, 0.3) is 11.1 Å². The number of carbonyl (C=O) groups excluding carboxylic acids is 1. The van der Waals surface area contributed by atoms with Crippen molar-refractivity contribution >= 4 is 57.7 Å². The molecule has 1 aromatic heterocycles. The zero-order valence-electron chi connectivity index (χ0n) is 11.9. The quantitative estimate of drug-likeness (QED) is 0.626. The number of nitrogens with one attached hydrogen (secondary N) is 1. The summed E-state index contributed by atoms with van der Waals surface area (Å²) in [6.45, 7) is 0. The van der Waals surface area contributed by atoms with Crippen molar-refractivity contribution in [3.8, 4) is 0 Å². The molecular weight excluding hydrogens is 355 g/mol. The first-order valence-electron chi connectivity index (χ1n) is 6.84. The van der Waals surface area contributed by atoms with E-state index in [0.717, 1.165) is 5.69 Å². The number of hydrogen-bond donors (Lipinski definition) is 1. The summed E-state index contributed by atoms with van der Waals surface area (Å²) in [7, 11) is 0. The second-order valence-corrected chi connectivity index (χ2v) is 6.66. The first-order chi connectivity index (χ1) is 11.1. The number of rotatable bonds is 5. The monoisotopic (exact) mass is 366 g/mol. The number of carbonyl (C=O) groups is 1. The molecule has 118 valence electrons. The number of amides is 1. The highest BCUT2D eigenvalue weighted by Gasteiger charge is 2.08. The third kappa shape index (κ3) is 4.41. The van der Waals surface area contributed by atoms with Gasteiger partial charge in [0.05, 0.1) is 0 Å². The van der Waals surface area contributed by atoms with Crippen molar-refractivity contribution in [1.29, 1.82) is 0 Å². The van der Waals surface area contributed by atoms with Gasteiger partial charge in [0.15, 0.2) is 5.58 Å². The van der Waals surface area contributed by atoms with Gasteiger partial charge in [-0.05, 0) is 42.5 Å². The van der Waals surface area contributed by atoms with Gasteiger partial charge in [-0.15, -0.1) is 0 Å². The largest absolute Gasteiger partial charge is 0.431 e. The predicted octanol–water partition coefficient (Wildman–Crippen LogP) is 5.26. The van der Waals surface area contributed by atoms with Crippen LogP contribution in [-0.2, 0) is 4.79 Å². The highest BCUT2D eigenvalue weighted by atomic mass is 35.5. The molecule has 0 fully saturated rings. The molecule has 0 bridgehead atoms. The minimum atomic E-state index is -0.0704. The molecule has 23 heavy (non-hydrogen) atoms. The summed E-state index contributed by atoms with van der Waals surface area (Å²) in [6.07, 6.45) is 0.354. The van der Waals surface area contributed by atoms with Crippen molar-refractivity contribution in [3.63, 3.8) is 0 Å². The van der Waals surface area contributed by atoms with E-state index >= 15 is 0 Å². The topological polar surface area (TPSA) is 55.1 Å². The number of halogens is 2. The van der Waals surface area contributed by atoms with Crippen molar-refractivity contribution < 1.29 is 9.21 Å². The van der Waals surface area contributed by atoms with E-state index < -0.39 is 0 Å². The Kier molecular flexibility index (Phi) is 5.10. The number of nitrogens with zero attached hydrogens (tertiary/aromatic N) is 1. The molecule has 0 radical (unpaired) electrons. The Hall–Kier alpha value is -1.69. The van der Waals surface area contributed by atoms with Crippen LogP contribution in [0.3, 0.4) is 0 Å². The lowest BCUT2D eigenvalue weighted by molar-refractivity contribution is -0.115. The normalized spacial score (nSPS) is 10.9. The third-order valence-corrected chi connectivity index (χ3v) is 4.33. The molecule has 7 heteroatoms. The summed E-state index contributed by atoms with van der Waals surface area (Å²) in [5.74, 6) is 0.499. The van der Waals surface area contributed by atoms with Gasteiger partial charge in [0.1, 0.15) is 5.52 Å². The third-order valence-electron chi connectivity index (χ3n) is 3.01. The minimum absolute atomic E-state index is 0.0704. The minimum Gasteiger partial charge on any atom is -0.431 e. The van der Waals surface area contributed by atoms with E-state index in [-0.39, 0.29) is 5.91 Å². The zero-order chi connectivity index (χ0) is 16.2. The van der Waals surface area contributed by atoms with E-state index in [9.17, 15) is 4.79 Å². The number of anilines is 1. The van der Waals surface area contributed by atoms with E-state index in [0.29, 0.717) is 38.5 Å². The van der Waals surface area contributed by atoms with Crippen LogP contribution in [0.1, 0.15) is 6.42 Å². The average Bonchev–Trinajstić information content (AvgIpc) is 2.91. The molecule has 0 saturated carbocycles. The first-order valence-corrected chi connectivity index (χ1v) is 8.58. The number of thioether (sulfide) groups is 1. The predicted molar refractivity (Wildman–Crippen MR) is 94.4 cm³/mol. The summed E-state index contributed by atoms with van der Waals surface area (Å²) >= 11 is 13.1. The molecule has 1 amide bonds. The molecule has 0 aliphatic rings. The van der Waals surface area contributed by atoms with Crippen LogP contribution >= 0.6 is 35.0 Å². The number of aromatic nitrogens is 1. The number of benzene rings is 2. The molecular formula is C16H12Cl2N2O2S. The molecule has 0 unspecified atom stereocenters. The summed E-state index contributed by atoms with van der Waals surface area (Å²) in [4.78, 5) is 16.2. The van der Waals surface area contributed by atoms with Gasteiger partial charge in [-0.3, -0.25) is 4.79 Å². The first kappa shape index (κ1) is 16.2. The van der Waals surface area contributed by atoms with Crippen molar-refractivity contribution in [1.82, 2.24) is 4.98 Å². The maximum Gasteiger partial charge on any atom is 0.256 e. The highest BCUT2D eigenvalue weighted by molar-refractivity contribution is 7.99. The lowest BCUT2D eigenvalue weighted by Gasteiger charge is -2.04. The fourth-order valence-electron chi connectivity index (χ4n) is 1.93. The van der Waals surface area contributed by atoms with Crippen molar-refractivity contribution in [3.05, 3.63) is 52.5 Å². The molecule has 0 spiro atoms. The summed E-state index contributed by atoms with van der Waals surface area (Å²) in [5.41, 5.74) is 2.12. The standard InChI is InChI=1S/C16H12Cl2N2O2S/c17-10-1-4-12(5-2-10)19-15(21)7-8-23-16-20-13-9-11(18)3-6-14(13)22-16/h1-6,9H,7-8H2,(H,19,21). The van der Waals surface area contributed by atoms with E-state index in [1.165, 1.54) is 11.8 Å². The zero-order valence-corrected chi connectivity index (χ0v) is 14.2. The van der Waals surface area contributed by atoms with E-state index in [1.807, 2.05) is 0 Å². The van der Waals surface area contributed by atoms with Gasteiger partial charge in [-0.2, -0.15) is 0 Å². The Morgan fingerprint density at radius 2 is 1.87 bits per heavy atom. The lowest BCUT2D eigenvalue weighted by Crippen LogP contribution is -2.11. The smallest absolute Gasteiger partial charge is 0.256 e. The van der Waals surface area contributed by atoms with Gasteiger partial charge in [0.25, 0.3) is 5.22 Å². The summed E-state index contributed by atoms with van der Waals surface area (Å²) in [5, 5.41) is 4.59. The van der Waals surface area contributed by atoms with Crippen molar-refractivity contribution in [2.75, 3.05) is 11.1 Å². The van der Waals surface area contributed by atoms with Crippen molar-refractivity contribution in [2.45, 2.75) is 11.6 Å². The van der Waals surface area contributed by atoms with Gasteiger partial charge in [-0.1, -0.05) is 35.0 Å². The Morgan fingerprint density at radius 1 is 1.13 bits per heavy atom. The van der Waals surface area contributed by atoms with Crippen LogP contribution in [0.2, 0.25) is 10.0 Å². The molecule has 3 rings (SSSR count). The average molecular weight is 367 g/mol. The number of hydrogen-bond acceptors (Lipinski definition) is 4. The van der Waals surface area contributed by atoms with Crippen LogP contribution in [-0.4, -0.2) is 16.6 Å². The second kappa shape index (κ2) is 7.25. The number of oxazole rings is 1. The maximum atomic E-state index is 11.9. The molecule has 2 aromatic carbocycles. The van der Waals surface area contributed by atoms with Crippen LogP contribution in [0, 0.1) is 0 Å².